The molecular weight excluding hydrogens is 432 g/mol. The highest BCUT2D eigenvalue weighted by Gasteiger charge is 2.20. The fourth-order valence-corrected chi connectivity index (χ4v) is 2.87. The van der Waals surface area contributed by atoms with Crippen molar-refractivity contribution >= 4 is 55.1 Å². The summed E-state index contributed by atoms with van der Waals surface area (Å²) >= 11 is 18.6. The van der Waals surface area contributed by atoms with Crippen molar-refractivity contribution in [3.63, 3.8) is 0 Å². The van der Waals surface area contributed by atoms with Crippen molar-refractivity contribution in [2.24, 2.45) is 0 Å². The molecule has 2 rings (SSSR count). The van der Waals surface area contributed by atoms with Crippen LogP contribution in [0.15, 0.2) is 39.3 Å². The zero-order valence-corrected chi connectivity index (χ0v) is 15.0. The van der Waals surface area contributed by atoms with Gasteiger partial charge in [-0.05, 0) is 62.7 Å². The van der Waals surface area contributed by atoms with Gasteiger partial charge in [-0.2, -0.15) is 0 Å². The average molecular weight is 442 g/mol. The zero-order chi connectivity index (χ0) is 14.9. The fraction of sp³-hybridized carbons (Fsp3) is 0.143. The average Bonchev–Trinajstić information content (AvgIpc) is 2.43. The molecule has 0 radical (unpaired) electrons. The maximum absolute atomic E-state index is 14.3. The summed E-state index contributed by atoms with van der Waals surface area (Å²) in [7, 11) is 1.76. The molecule has 0 amide bonds. The summed E-state index contributed by atoms with van der Waals surface area (Å²) in [6.07, 6.45) is 0. The molecule has 0 saturated heterocycles. The molecule has 20 heavy (non-hydrogen) atoms. The minimum Gasteiger partial charge on any atom is -0.309 e. The molecule has 6 heteroatoms. The van der Waals surface area contributed by atoms with Gasteiger partial charge in [-0.25, -0.2) is 4.39 Å². The van der Waals surface area contributed by atoms with E-state index in [-0.39, 0.29) is 11.1 Å². The lowest BCUT2D eigenvalue weighted by atomic mass is 9.98. The van der Waals surface area contributed by atoms with E-state index >= 15 is 0 Å². The highest BCUT2D eigenvalue weighted by Crippen LogP contribution is 2.34. The molecule has 0 fully saturated rings. The molecule has 0 aliphatic heterocycles. The summed E-state index contributed by atoms with van der Waals surface area (Å²) in [5.41, 5.74) is 1.33. The Labute approximate surface area is 143 Å². The van der Waals surface area contributed by atoms with Crippen molar-refractivity contribution in [3.05, 3.63) is 66.3 Å². The normalized spacial score (nSPS) is 12.5. The molecule has 0 heterocycles. The molecule has 1 N–H and O–H groups in total. The van der Waals surface area contributed by atoms with Crippen LogP contribution in [0.1, 0.15) is 17.2 Å². The lowest BCUT2D eigenvalue weighted by Crippen LogP contribution is -2.19. The summed E-state index contributed by atoms with van der Waals surface area (Å²) in [5, 5.41) is 3.73. The quantitative estimate of drug-likeness (QED) is 0.579. The van der Waals surface area contributed by atoms with Gasteiger partial charge in [0.2, 0.25) is 0 Å². The van der Waals surface area contributed by atoms with Crippen molar-refractivity contribution in [1.29, 1.82) is 0 Å². The Morgan fingerprint density at radius 1 is 1.10 bits per heavy atom. The third-order valence-corrected chi connectivity index (χ3v) is 5.43. The number of nitrogens with one attached hydrogen (secondary N) is 1. The highest BCUT2D eigenvalue weighted by atomic mass is 79.9. The predicted molar refractivity (Wildman–Crippen MR) is 89.2 cm³/mol. The number of hydrogen-bond donors (Lipinski definition) is 1. The van der Waals surface area contributed by atoms with Crippen LogP contribution < -0.4 is 5.32 Å². The van der Waals surface area contributed by atoms with Gasteiger partial charge in [0.1, 0.15) is 5.82 Å². The van der Waals surface area contributed by atoms with Crippen LogP contribution in [-0.4, -0.2) is 7.05 Å². The number of halogens is 5. The smallest absolute Gasteiger partial charge is 0.148 e. The molecule has 2 aromatic carbocycles. The summed E-state index contributed by atoms with van der Waals surface area (Å²) in [6.45, 7) is 0. The standard InChI is InChI=1S/C14H10Br2Cl2FN/c1-20-14(7-2-4-9(15)11(17)6-7)8-3-5-10(16)12(18)13(8)19/h2-6,14,20H,1H3. The van der Waals surface area contributed by atoms with Crippen molar-refractivity contribution < 1.29 is 4.39 Å². The van der Waals surface area contributed by atoms with Crippen molar-refractivity contribution in [2.45, 2.75) is 6.04 Å². The zero-order valence-electron chi connectivity index (χ0n) is 10.4. The first-order valence-corrected chi connectivity index (χ1v) is 8.05. The summed E-state index contributed by atoms with van der Waals surface area (Å²) in [6, 6.07) is 8.61. The largest absolute Gasteiger partial charge is 0.309 e. The molecule has 106 valence electrons. The van der Waals surface area contributed by atoms with E-state index in [0.717, 1.165) is 10.0 Å². The molecule has 1 nitrogen and oxygen atoms in total. The predicted octanol–water partition coefficient (Wildman–Crippen LogP) is 5.97. The van der Waals surface area contributed by atoms with Crippen LogP contribution in [0.25, 0.3) is 0 Å². The minimum absolute atomic E-state index is 0.0750. The Morgan fingerprint density at radius 3 is 2.35 bits per heavy atom. The second kappa shape index (κ2) is 6.75. The van der Waals surface area contributed by atoms with E-state index in [1.54, 1.807) is 25.2 Å². The monoisotopic (exact) mass is 439 g/mol. The molecule has 1 atom stereocenters. The van der Waals surface area contributed by atoms with E-state index in [2.05, 4.69) is 37.2 Å². The molecular formula is C14H10Br2Cl2FN. The Bertz CT molecular complexity index is 649. The number of benzene rings is 2. The first kappa shape index (κ1) is 16.2. The summed E-state index contributed by atoms with van der Waals surface area (Å²) < 4.78 is 15.7. The molecule has 0 saturated carbocycles. The van der Waals surface area contributed by atoms with Gasteiger partial charge in [0, 0.05) is 14.5 Å². The fourth-order valence-electron chi connectivity index (χ4n) is 1.96. The third-order valence-electron chi connectivity index (χ3n) is 2.94. The molecule has 0 bridgehead atoms. The van der Waals surface area contributed by atoms with Crippen molar-refractivity contribution in [2.75, 3.05) is 7.05 Å². The Morgan fingerprint density at radius 2 is 1.75 bits per heavy atom. The topological polar surface area (TPSA) is 12.0 Å². The lowest BCUT2D eigenvalue weighted by molar-refractivity contribution is 0.576. The SMILES string of the molecule is CNC(c1ccc(Br)c(Cl)c1)c1ccc(Br)c(Cl)c1F. The van der Waals surface area contributed by atoms with Crippen LogP contribution in [0, 0.1) is 5.82 Å². The first-order valence-electron chi connectivity index (χ1n) is 5.71. The van der Waals surface area contributed by atoms with Gasteiger partial charge in [-0.1, -0.05) is 35.3 Å². The van der Waals surface area contributed by atoms with Crippen LogP contribution in [-0.2, 0) is 0 Å². The summed E-state index contributed by atoms with van der Waals surface area (Å²) in [5.74, 6) is -0.445. The highest BCUT2D eigenvalue weighted by molar-refractivity contribution is 9.10. The van der Waals surface area contributed by atoms with Crippen molar-refractivity contribution in [3.8, 4) is 0 Å². The van der Waals surface area contributed by atoms with Gasteiger partial charge in [0.15, 0.2) is 0 Å². The van der Waals surface area contributed by atoms with Crippen LogP contribution in [0.2, 0.25) is 10.0 Å². The van der Waals surface area contributed by atoms with Gasteiger partial charge in [-0.3, -0.25) is 0 Å². The second-order valence-electron chi connectivity index (χ2n) is 4.16. The molecule has 2 aromatic rings. The molecule has 1 unspecified atom stereocenters. The molecule has 0 aliphatic carbocycles. The Hall–Kier alpha value is -0.130. The van der Waals surface area contributed by atoms with Gasteiger partial charge >= 0.3 is 0 Å². The molecule has 0 aliphatic rings. The van der Waals surface area contributed by atoms with Crippen LogP contribution in [0.5, 0.6) is 0 Å². The van der Waals surface area contributed by atoms with E-state index in [1.807, 2.05) is 12.1 Å². The van der Waals surface area contributed by atoms with Crippen LogP contribution >= 0.6 is 55.1 Å². The van der Waals surface area contributed by atoms with Gasteiger partial charge in [-0.15, -0.1) is 0 Å². The Kier molecular flexibility index (Phi) is 5.49. The van der Waals surface area contributed by atoms with E-state index in [1.165, 1.54) is 0 Å². The van der Waals surface area contributed by atoms with Gasteiger partial charge in [0.25, 0.3) is 0 Å². The van der Waals surface area contributed by atoms with Gasteiger partial charge < -0.3 is 5.32 Å². The van der Waals surface area contributed by atoms with E-state index in [0.29, 0.717) is 15.1 Å². The Balaban J connectivity index is 2.52. The molecule has 0 spiro atoms. The first-order chi connectivity index (χ1) is 9.45. The van der Waals surface area contributed by atoms with Gasteiger partial charge in [0.05, 0.1) is 16.1 Å². The summed E-state index contributed by atoms with van der Waals surface area (Å²) in [4.78, 5) is 0. The van der Waals surface area contributed by atoms with Crippen molar-refractivity contribution in [1.82, 2.24) is 5.32 Å². The van der Waals surface area contributed by atoms with Crippen LogP contribution in [0.4, 0.5) is 4.39 Å². The van der Waals surface area contributed by atoms with Crippen LogP contribution in [0.3, 0.4) is 0 Å². The lowest BCUT2D eigenvalue weighted by Gasteiger charge is -2.19. The molecule has 0 aromatic heterocycles. The van der Waals surface area contributed by atoms with E-state index in [4.69, 9.17) is 23.2 Å². The maximum Gasteiger partial charge on any atom is 0.148 e. The second-order valence-corrected chi connectivity index (χ2v) is 6.65. The minimum atomic E-state index is -0.445. The number of hydrogen-bond acceptors (Lipinski definition) is 1. The maximum atomic E-state index is 14.3. The number of rotatable bonds is 3. The van der Waals surface area contributed by atoms with E-state index < -0.39 is 5.82 Å². The third kappa shape index (κ3) is 3.20. The van der Waals surface area contributed by atoms with E-state index in [9.17, 15) is 4.39 Å².